The Hall–Kier alpha value is -2.05. The minimum absolute atomic E-state index is 0.0382. The summed E-state index contributed by atoms with van der Waals surface area (Å²) >= 11 is 1.56. The molecule has 0 bridgehead atoms. The third-order valence-corrected chi connectivity index (χ3v) is 4.21. The summed E-state index contributed by atoms with van der Waals surface area (Å²) in [6.45, 7) is 0.630. The Morgan fingerprint density at radius 2 is 2.19 bits per heavy atom. The second-order valence-corrected chi connectivity index (χ2v) is 5.64. The van der Waals surface area contributed by atoms with E-state index >= 15 is 0 Å². The molecule has 0 spiro atoms. The molecule has 110 valence electrons. The zero-order chi connectivity index (χ0) is 14.8. The van der Waals surface area contributed by atoms with Gasteiger partial charge in [-0.05, 0) is 6.07 Å². The molecule has 0 saturated heterocycles. The average Bonchev–Trinajstić information content (AvgIpc) is 3.07. The van der Waals surface area contributed by atoms with E-state index in [9.17, 15) is 5.11 Å². The molecular weight excluding hydrogens is 286 g/mol. The first-order valence-corrected chi connectivity index (χ1v) is 7.51. The average molecular weight is 303 g/mol. The van der Waals surface area contributed by atoms with Crippen LogP contribution in [0.25, 0.3) is 4.96 Å². The Kier molecular flexibility index (Phi) is 3.81. The molecule has 0 atom stereocenters. The summed E-state index contributed by atoms with van der Waals surface area (Å²) in [5.41, 5.74) is 1.89. The zero-order valence-electron chi connectivity index (χ0n) is 12.0. The van der Waals surface area contributed by atoms with E-state index in [1.54, 1.807) is 18.4 Å². The van der Waals surface area contributed by atoms with Gasteiger partial charge in [0.25, 0.3) is 0 Å². The molecule has 0 aliphatic rings. The number of nitrogens with zero attached hydrogens (tertiary/aromatic N) is 3. The third kappa shape index (κ3) is 2.48. The Morgan fingerprint density at radius 3 is 2.95 bits per heavy atom. The molecule has 0 radical (unpaired) electrons. The zero-order valence-corrected chi connectivity index (χ0v) is 12.8. The molecule has 5 nitrogen and oxygen atoms in total. The first-order chi connectivity index (χ1) is 10.2. The summed E-state index contributed by atoms with van der Waals surface area (Å²) in [6.07, 6.45) is 1.93. The van der Waals surface area contributed by atoms with E-state index in [0.29, 0.717) is 6.54 Å². The molecule has 2 aromatic heterocycles. The first-order valence-electron chi connectivity index (χ1n) is 6.63. The number of aromatic nitrogens is 2. The molecule has 0 amide bonds. The quantitative estimate of drug-likeness (QED) is 0.787. The van der Waals surface area contributed by atoms with Crippen molar-refractivity contribution in [1.82, 2.24) is 9.38 Å². The maximum Gasteiger partial charge on any atom is 0.195 e. The summed E-state index contributed by atoms with van der Waals surface area (Å²) < 4.78 is 7.31. The van der Waals surface area contributed by atoms with E-state index in [4.69, 9.17) is 4.74 Å². The highest BCUT2D eigenvalue weighted by Gasteiger charge is 2.17. The van der Waals surface area contributed by atoms with Gasteiger partial charge >= 0.3 is 0 Å². The summed E-state index contributed by atoms with van der Waals surface area (Å²) in [7, 11) is 3.64. The standard InChI is InChI=1S/C15H17N3O2S/c1-17(9-11-5-3-4-6-13(11)20-2)14-12(10-19)18-7-8-21-15(18)16-14/h3-8,19H,9-10H2,1-2H3. The molecule has 6 heteroatoms. The van der Waals surface area contributed by atoms with Gasteiger partial charge in [0, 0.05) is 30.7 Å². The number of rotatable bonds is 5. The minimum Gasteiger partial charge on any atom is -0.496 e. The Balaban J connectivity index is 1.93. The molecule has 3 rings (SSSR count). The van der Waals surface area contributed by atoms with Crippen molar-refractivity contribution in [3.8, 4) is 5.75 Å². The molecule has 3 aromatic rings. The van der Waals surface area contributed by atoms with Crippen molar-refractivity contribution < 1.29 is 9.84 Å². The van der Waals surface area contributed by atoms with E-state index in [0.717, 1.165) is 27.8 Å². The number of imidazole rings is 1. The van der Waals surface area contributed by atoms with Crippen LogP contribution >= 0.6 is 11.3 Å². The van der Waals surface area contributed by atoms with Gasteiger partial charge in [0.2, 0.25) is 0 Å². The van der Waals surface area contributed by atoms with Crippen molar-refractivity contribution in [1.29, 1.82) is 0 Å². The van der Waals surface area contributed by atoms with Crippen LogP contribution in [0.1, 0.15) is 11.3 Å². The minimum atomic E-state index is -0.0382. The number of hydrogen-bond donors (Lipinski definition) is 1. The largest absolute Gasteiger partial charge is 0.496 e. The highest BCUT2D eigenvalue weighted by atomic mass is 32.1. The first kappa shape index (κ1) is 13.9. The Labute approximate surface area is 127 Å². The van der Waals surface area contributed by atoms with E-state index < -0.39 is 0 Å². The predicted octanol–water partition coefficient (Wildman–Crippen LogP) is 2.53. The lowest BCUT2D eigenvalue weighted by Gasteiger charge is -2.19. The lowest BCUT2D eigenvalue weighted by molar-refractivity contribution is 0.276. The Morgan fingerprint density at radius 1 is 1.38 bits per heavy atom. The predicted molar refractivity (Wildman–Crippen MR) is 84.1 cm³/mol. The van der Waals surface area contributed by atoms with Crippen LogP contribution in [-0.4, -0.2) is 28.6 Å². The second-order valence-electron chi connectivity index (χ2n) is 4.76. The topological polar surface area (TPSA) is 50.0 Å². The van der Waals surface area contributed by atoms with Crippen LogP contribution in [0.4, 0.5) is 5.82 Å². The molecule has 1 aromatic carbocycles. The highest BCUT2D eigenvalue weighted by Crippen LogP contribution is 2.27. The van der Waals surface area contributed by atoms with Crippen LogP contribution in [0.5, 0.6) is 5.75 Å². The molecule has 0 fully saturated rings. The van der Waals surface area contributed by atoms with Gasteiger partial charge in [0.05, 0.1) is 19.4 Å². The maximum absolute atomic E-state index is 9.63. The van der Waals surface area contributed by atoms with E-state index in [-0.39, 0.29) is 6.61 Å². The fraction of sp³-hybridized carbons (Fsp3) is 0.267. The van der Waals surface area contributed by atoms with Crippen molar-refractivity contribution in [3.63, 3.8) is 0 Å². The van der Waals surface area contributed by atoms with Gasteiger partial charge < -0.3 is 14.7 Å². The van der Waals surface area contributed by atoms with Gasteiger partial charge in [-0.3, -0.25) is 4.40 Å². The van der Waals surface area contributed by atoms with Crippen molar-refractivity contribution in [2.45, 2.75) is 13.2 Å². The van der Waals surface area contributed by atoms with Crippen molar-refractivity contribution >= 4 is 22.1 Å². The summed E-state index contributed by atoms with van der Waals surface area (Å²) in [5, 5.41) is 11.6. The normalized spacial score (nSPS) is 11.0. The van der Waals surface area contributed by atoms with Crippen LogP contribution < -0.4 is 9.64 Å². The van der Waals surface area contributed by atoms with Crippen molar-refractivity contribution in [2.75, 3.05) is 19.1 Å². The summed E-state index contributed by atoms with van der Waals surface area (Å²) in [4.78, 5) is 7.52. The highest BCUT2D eigenvalue weighted by molar-refractivity contribution is 7.15. The van der Waals surface area contributed by atoms with Gasteiger partial charge in [0.15, 0.2) is 10.8 Å². The van der Waals surface area contributed by atoms with Crippen molar-refractivity contribution in [2.24, 2.45) is 0 Å². The van der Waals surface area contributed by atoms with Crippen LogP contribution in [0.3, 0.4) is 0 Å². The van der Waals surface area contributed by atoms with Gasteiger partial charge in [-0.2, -0.15) is 0 Å². The molecule has 1 N–H and O–H groups in total. The summed E-state index contributed by atoms with van der Waals surface area (Å²) in [6, 6.07) is 7.92. The summed E-state index contributed by atoms with van der Waals surface area (Å²) in [5.74, 6) is 1.66. The molecule has 0 aliphatic carbocycles. The molecular formula is C15H17N3O2S. The number of anilines is 1. The molecule has 0 unspecified atom stereocenters. The number of aliphatic hydroxyl groups is 1. The van der Waals surface area contributed by atoms with Crippen LogP contribution in [0.2, 0.25) is 0 Å². The molecule has 0 saturated carbocycles. The molecule has 21 heavy (non-hydrogen) atoms. The number of hydrogen-bond acceptors (Lipinski definition) is 5. The van der Waals surface area contributed by atoms with Crippen molar-refractivity contribution in [3.05, 3.63) is 47.1 Å². The van der Waals surface area contributed by atoms with E-state index in [2.05, 4.69) is 4.98 Å². The number of aliphatic hydroxyl groups excluding tert-OH is 1. The number of thiazole rings is 1. The van der Waals surface area contributed by atoms with E-state index in [1.165, 1.54) is 0 Å². The van der Waals surface area contributed by atoms with Gasteiger partial charge in [-0.1, -0.05) is 18.2 Å². The number of methoxy groups -OCH3 is 1. The maximum atomic E-state index is 9.63. The smallest absolute Gasteiger partial charge is 0.195 e. The number of fused-ring (bicyclic) bond motifs is 1. The third-order valence-electron chi connectivity index (χ3n) is 3.45. The van der Waals surface area contributed by atoms with Crippen LogP contribution in [0, 0.1) is 0 Å². The lowest BCUT2D eigenvalue weighted by atomic mass is 10.2. The lowest BCUT2D eigenvalue weighted by Crippen LogP contribution is -2.19. The van der Waals surface area contributed by atoms with Gasteiger partial charge in [0.1, 0.15) is 5.75 Å². The van der Waals surface area contributed by atoms with E-state index in [1.807, 2.05) is 52.2 Å². The Bertz CT molecular complexity index is 750. The molecule has 2 heterocycles. The number of benzene rings is 1. The monoisotopic (exact) mass is 303 g/mol. The number of ether oxygens (including phenoxy) is 1. The second kappa shape index (κ2) is 5.75. The van der Waals surface area contributed by atoms with Gasteiger partial charge in [-0.25, -0.2) is 4.98 Å². The van der Waals surface area contributed by atoms with Crippen LogP contribution in [0.15, 0.2) is 35.8 Å². The SMILES string of the molecule is COc1ccccc1CN(C)c1nc2sccn2c1CO. The van der Waals surface area contributed by atoms with Crippen LogP contribution in [-0.2, 0) is 13.2 Å². The fourth-order valence-electron chi connectivity index (χ4n) is 2.44. The number of para-hydroxylation sites is 1. The fourth-order valence-corrected chi connectivity index (χ4v) is 3.17. The molecule has 0 aliphatic heterocycles. The van der Waals surface area contributed by atoms with Gasteiger partial charge in [-0.15, -0.1) is 11.3 Å².